The van der Waals surface area contributed by atoms with E-state index in [4.69, 9.17) is 4.84 Å². The molecule has 0 bridgehead atoms. The minimum Gasteiger partial charge on any atom is -0.399 e. The predicted octanol–water partition coefficient (Wildman–Crippen LogP) is -0.476. The van der Waals surface area contributed by atoms with Crippen molar-refractivity contribution in [3.05, 3.63) is 0 Å². The number of nitrogens with zero attached hydrogens (tertiary/aromatic N) is 2. The van der Waals surface area contributed by atoms with Gasteiger partial charge in [0.05, 0.1) is 11.1 Å². The minimum absolute atomic E-state index is 0.296. The average molecular weight is 169 g/mol. The summed E-state index contributed by atoms with van der Waals surface area (Å²) in [4.78, 5) is 7.13. The van der Waals surface area contributed by atoms with Crippen LogP contribution in [0.3, 0.4) is 0 Å². The van der Waals surface area contributed by atoms with Gasteiger partial charge in [-0.3, -0.25) is 4.90 Å². The van der Waals surface area contributed by atoms with Gasteiger partial charge in [0, 0.05) is 26.2 Å². The summed E-state index contributed by atoms with van der Waals surface area (Å²) in [5.74, 6) is 0. The number of oxime groups is 1. The lowest BCUT2D eigenvalue weighted by Gasteiger charge is -2.38. The molecule has 0 aromatic rings. The zero-order valence-electron chi connectivity index (χ0n) is 7.63. The Kier molecular flexibility index (Phi) is 1.81. The Hall–Kier alpha value is -0.610. The van der Waals surface area contributed by atoms with E-state index in [9.17, 15) is 0 Å². The Bertz CT molecular complexity index is 210. The van der Waals surface area contributed by atoms with E-state index >= 15 is 0 Å². The van der Waals surface area contributed by atoms with E-state index in [-0.39, 0.29) is 0 Å². The second-order valence-electron chi connectivity index (χ2n) is 3.78. The van der Waals surface area contributed by atoms with Crippen LogP contribution in [0, 0.1) is 5.41 Å². The Balaban J connectivity index is 2.16. The molecule has 68 valence electrons. The summed E-state index contributed by atoms with van der Waals surface area (Å²) in [7, 11) is 3.74. The summed E-state index contributed by atoms with van der Waals surface area (Å²) in [5, 5.41) is 7.37. The van der Waals surface area contributed by atoms with Gasteiger partial charge in [-0.1, -0.05) is 5.16 Å². The fourth-order valence-electron chi connectivity index (χ4n) is 2.07. The molecule has 2 rings (SSSR count). The first-order valence-electron chi connectivity index (χ1n) is 4.27. The first kappa shape index (κ1) is 8.01. The van der Waals surface area contributed by atoms with Gasteiger partial charge in [0.15, 0.2) is 0 Å². The molecular weight excluding hydrogens is 154 g/mol. The number of hydrogen-bond acceptors (Lipinski definition) is 4. The first-order valence-corrected chi connectivity index (χ1v) is 4.27. The largest absolute Gasteiger partial charge is 0.399 e. The number of nitrogens with one attached hydrogen (secondary N) is 1. The van der Waals surface area contributed by atoms with Gasteiger partial charge >= 0.3 is 0 Å². The van der Waals surface area contributed by atoms with Gasteiger partial charge in [0.2, 0.25) is 0 Å². The second-order valence-corrected chi connectivity index (χ2v) is 3.78. The van der Waals surface area contributed by atoms with Gasteiger partial charge in [0.25, 0.3) is 0 Å². The summed E-state index contributed by atoms with van der Waals surface area (Å²) >= 11 is 0. The third-order valence-electron chi connectivity index (χ3n) is 2.73. The van der Waals surface area contributed by atoms with Crippen LogP contribution in [0.15, 0.2) is 5.16 Å². The van der Waals surface area contributed by atoms with Gasteiger partial charge < -0.3 is 10.2 Å². The fourth-order valence-corrected chi connectivity index (χ4v) is 2.07. The van der Waals surface area contributed by atoms with Gasteiger partial charge in [0.1, 0.15) is 7.11 Å². The standard InChI is InChI=1S/C8H15N3O/c1-11-3-7(10-12-2)8(6-11)4-9-5-8/h9H,3-6H2,1-2H3/b10-7+. The highest BCUT2D eigenvalue weighted by Crippen LogP contribution is 2.31. The molecule has 4 nitrogen and oxygen atoms in total. The third-order valence-corrected chi connectivity index (χ3v) is 2.73. The molecule has 4 heteroatoms. The van der Waals surface area contributed by atoms with Crippen LogP contribution in [0.1, 0.15) is 0 Å². The van der Waals surface area contributed by atoms with E-state index in [1.54, 1.807) is 7.11 Å². The molecule has 2 saturated heterocycles. The fraction of sp³-hybridized carbons (Fsp3) is 0.875. The highest BCUT2D eigenvalue weighted by molar-refractivity contribution is 5.95. The van der Waals surface area contributed by atoms with Crippen LogP contribution in [0.2, 0.25) is 0 Å². The SMILES string of the molecule is CO/N=C1\CN(C)CC12CNC2. The first-order chi connectivity index (χ1) is 5.77. The predicted molar refractivity (Wildman–Crippen MR) is 47.2 cm³/mol. The lowest BCUT2D eigenvalue weighted by Crippen LogP contribution is -2.58. The molecule has 1 spiro atoms. The number of hydrogen-bond donors (Lipinski definition) is 1. The quantitative estimate of drug-likeness (QED) is 0.539. The summed E-state index contributed by atoms with van der Waals surface area (Å²) in [6, 6.07) is 0. The average Bonchev–Trinajstić information content (AvgIpc) is 2.27. The molecule has 0 unspecified atom stereocenters. The van der Waals surface area contributed by atoms with E-state index in [1.807, 2.05) is 0 Å². The lowest BCUT2D eigenvalue weighted by molar-refractivity contribution is 0.195. The molecule has 1 N–H and O–H groups in total. The molecule has 2 heterocycles. The van der Waals surface area contributed by atoms with E-state index in [1.165, 1.54) is 5.71 Å². The summed E-state index contributed by atoms with van der Waals surface area (Å²) < 4.78 is 0. The molecule has 0 aromatic carbocycles. The maximum Gasteiger partial charge on any atom is 0.106 e. The molecule has 0 aliphatic carbocycles. The Labute approximate surface area is 72.6 Å². The third kappa shape index (κ3) is 1.03. The van der Waals surface area contributed by atoms with Gasteiger partial charge in [-0.25, -0.2) is 0 Å². The van der Waals surface area contributed by atoms with Crippen molar-refractivity contribution in [3.63, 3.8) is 0 Å². The summed E-state index contributed by atoms with van der Waals surface area (Å²) in [5.41, 5.74) is 1.50. The van der Waals surface area contributed by atoms with Crippen LogP contribution < -0.4 is 5.32 Å². The van der Waals surface area contributed by atoms with Crippen LogP contribution in [-0.2, 0) is 4.84 Å². The van der Waals surface area contributed by atoms with Crippen LogP contribution in [-0.4, -0.2) is 50.9 Å². The second kappa shape index (κ2) is 2.71. The van der Waals surface area contributed by atoms with Crippen molar-refractivity contribution in [2.24, 2.45) is 10.6 Å². The summed E-state index contributed by atoms with van der Waals surface area (Å²) in [6.45, 7) is 4.18. The van der Waals surface area contributed by atoms with Crippen molar-refractivity contribution in [3.8, 4) is 0 Å². The van der Waals surface area contributed by atoms with E-state index in [2.05, 4.69) is 22.4 Å². The molecular formula is C8H15N3O. The molecule has 0 radical (unpaired) electrons. The molecule has 0 amide bonds. The normalized spacial score (nSPS) is 31.0. The van der Waals surface area contributed by atoms with Crippen LogP contribution in [0.5, 0.6) is 0 Å². The highest BCUT2D eigenvalue weighted by Gasteiger charge is 2.47. The molecule has 2 aliphatic rings. The van der Waals surface area contributed by atoms with Crippen molar-refractivity contribution in [2.75, 3.05) is 40.3 Å². The van der Waals surface area contributed by atoms with Crippen molar-refractivity contribution in [1.29, 1.82) is 0 Å². The molecule has 12 heavy (non-hydrogen) atoms. The molecule has 0 aromatic heterocycles. The number of likely N-dealkylation sites (tertiary alicyclic amines) is 1. The van der Waals surface area contributed by atoms with E-state index < -0.39 is 0 Å². The van der Waals surface area contributed by atoms with E-state index in [0.717, 1.165) is 26.2 Å². The van der Waals surface area contributed by atoms with Crippen LogP contribution in [0.4, 0.5) is 0 Å². The van der Waals surface area contributed by atoms with Gasteiger partial charge in [-0.05, 0) is 7.05 Å². The number of rotatable bonds is 1. The maximum atomic E-state index is 4.84. The minimum atomic E-state index is 0.296. The van der Waals surface area contributed by atoms with Crippen molar-refractivity contribution >= 4 is 5.71 Å². The molecule has 0 atom stereocenters. The molecule has 0 saturated carbocycles. The Morgan fingerprint density at radius 2 is 2.33 bits per heavy atom. The maximum absolute atomic E-state index is 4.84. The molecule has 2 fully saturated rings. The molecule has 2 aliphatic heterocycles. The van der Waals surface area contributed by atoms with Crippen molar-refractivity contribution in [2.45, 2.75) is 0 Å². The van der Waals surface area contributed by atoms with Crippen molar-refractivity contribution < 1.29 is 4.84 Å². The van der Waals surface area contributed by atoms with Crippen molar-refractivity contribution in [1.82, 2.24) is 10.2 Å². The van der Waals surface area contributed by atoms with Gasteiger partial charge in [-0.15, -0.1) is 0 Å². The topological polar surface area (TPSA) is 36.9 Å². The zero-order chi connectivity index (χ0) is 8.60. The Morgan fingerprint density at radius 3 is 2.83 bits per heavy atom. The Morgan fingerprint density at radius 1 is 1.58 bits per heavy atom. The van der Waals surface area contributed by atoms with Crippen LogP contribution in [0.25, 0.3) is 0 Å². The lowest BCUT2D eigenvalue weighted by atomic mass is 9.79. The monoisotopic (exact) mass is 169 g/mol. The van der Waals surface area contributed by atoms with E-state index in [0.29, 0.717) is 5.41 Å². The van der Waals surface area contributed by atoms with Gasteiger partial charge in [-0.2, -0.15) is 0 Å². The smallest absolute Gasteiger partial charge is 0.106 e. The zero-order valence-corrected chi connectivity index (χ0v) is 7.63. The highest BCUT2D eigenvalue weighted by atomic mass is 16.6. The summed E-state index contributed by atoms with van der Waals surface area (Å²) in [6.07, 6.45) is 0. The van der Waals surface area contributed by atoms with Crippen LogP contribution >= 0.6 is 0 Å².